The molecule has 1 nitrogen and oxygen atoms in total. The average molecular weight is 185 g/mol. The number of rotatable bonds is 4. The van der Waals surface area contributed by atoms with E-state index in [1.807, 2.05) is 31.3 Å². The zero-order valence-corrected chi connectivity index (χ0v) is 8.46. The van der Waals surface area contributed by atoms with Crippen LogP contribution in [0.5, 0.6) is 0 Å². The SMILES string of the molecule is C=C/C=C(\C=C)c1ccc(NC)cc1. The third-order valence-corrected chi connectivity index (χ3v) is 2.02. The van der Waals surface area contributed by atoms with Crippen LogP contribution in [0.3, 0.4) is 0 Å². The van der Waals surface area contributed by atoms with Crippen LogP contribution in [0.15, 0.2) is 55.7 Å². The Bertz CT molecular complexity index is 344. The van der Waals surface area contributed by atoms with Crippen molar-refractivity contribution in [1.29, 1.82) is 0 Å². The van der Waals surface area contributed by atoms with Gasteiger partial charge in [-0.05, 0) is 23.3 Å². The van der Waals surface area contributed by atoms with E-state index in [-0.39, 0.29) is 0 Å². The lowest BCUT2D eigenvalue weighted by Gasteiger charge is -2.03. The summed E-state index contributed by atoms with van der Waals surface area (Å²) in [6, 6.07) is 8.19. The molecule has 14 heavy (non-hydrogen) atoms. The van der Waals surface area contributed by atoms with E-state index in [1.54, 1.807) is 6.08 Å². The van der Waals surface area contributed by atoms with Gasteiger partial charge in [-0.15, -0.1) is 0 Å². The summed E-state index contributed by atoms with van der Waals surface area (Å²) in [6.45, 7) is 7.44. The molecule has 0 fully saturated rings. The summed E-state index contributed by atoms with van der Waals surface area (Å²) in [6.07, 6.45) is 5.54. The van der Waals surface area contributed by atoms with Crippen LogP contribution in [0.2, 0.25) is 0 Å². The lowest BCUT2D eigenvalue weighted by atomic mass is 10.1. The van der Waals surface area contributed by atoms with Gasteiger partial charge < -0.3 is 5.32 Å². The van der Waals surface area contributed by atoms with Gasteiger partial charge in [0.1, 0.15) is 0 Å². The fraction of sp³-hybridized carbons (Fsp3) is 0.0769. The van der Waals surface area contributed by atoms with Crippen molar-refractivity contribution in [2.45, 2.75) is 0 Å². The van der Waals surface area contributed by atoms with Gasteiger partial charge in [-0.2, -0.15) is 0 Å². The maximum atomic E-state index is 3.77. The zero-order valence-electron chi connectivity index (χ0n) is 8.46. The van der Waals surface area contributed by atoms with Crippen LogP contribution >= 0.6 is 0 Å². The number of allylic oxidation sites excluding steroid dienone is 4. The Morgan fingerprint density at radius 2 is 1.86 bits per heavy atom. The van der Waals surface area contributed by atoms with Gasteiger partial charge in [-0.25, -0.2) is 0 Å². The summed E-state index contributed by atoms with van der Waals surface area (Å²) in [5, 5.41) is 3.08. The van der Waals surface area contributed by atoms with Crippen LogP contribution in [0.4, 0.5) is 5.69 Å². The normalized spacial score (nSPS) is 10.8. The molecule has 0 aliphatic carbocycles. The van der Waals surface area contributed by atoms with Gasteiger partial charge in [0.15, 0.2) is 0 Å². The van der Waals surface area contributed by atoms with Gasteiger partial charge in [0.05, 0.1) is 0 Å². The lowest BCUT2D eigenvalue weighted by Crippen LogP contribution is -1.87. The molecule has 0 saturated carbocycles. The highest BCUT2D eigenvalue weighted by molar-refractivity contribution is 5.75. The monoisotopic (exact) mass is 185 g/mol. The second-order valence-corrected chi connectivity index (χ2v) is 2.89. The summed E-state index contributed by atoms with van der Waals surface area (Å²) in [7, 11) is 1.91. The number of nitrogens with one attached hydrogen (secondary N) is 1. The second kappa shape index (κ2) is 5.07. The number of benzene rings is 1. The smallest absolute Gasteiger partial charge is 0.0337 e. The molecule has 1 aromatic carbocycles. The van der Waals surface area contributed by atoms with E-state index in [0.29, 0.717) is 0 Å². The molecule has 0 spiro atoms. The molecule has 72 valence electrons. The average Bonchev–Trinajstić information content (AvgIpc) is 2.26. The van der Waals surface area contributed by atoms with Crippen molar-refractivity contribution in [3.05, 3.63) is 61.2 Å². The second-order valence-electron chi connectivity index (χ2n) is 2.89. The zero-order chi connectivity index (χ0) is 10.4. The summed E-state index contributed by atoms with van der Waals surface area (Å²) in [5.74, 6) is 0. The van der Waals surface area contributed by atoms with Crippen molar-refractivity contribution in [3.8, 4) is 0 Å². The van der Waals surface area contributed by atoms with Gasteiger partial charge in [-0.1, -0.05) is 43.5 Å². The molecular weight excluding hydrogens is 170 g/mol. The molecule has 1 rings (SSSR count). The number of hydrogen-bond acceptors (Lipinski definition) is 1. The molecule has 0 aliphatic heterocycles. The van der Waals surface area contributed by atoms with E-state index in [0.717, 1.165) is 16.8 Å². The van der Waals surface area contributed by atoms with Crippen LogP contribution in [-0.4, -0.2) is 7.05 Å². The largest absolute Gasteiger partial charge is 0.388 e. The fourth-order valence-electron chi connectivity index (χ4n) is 1.24. The van der Waals surface area contributed by atoms with Gasteiger partial charge in [0.2, 0.25) is 0 Å². The minimum absolute atomic E-state index is 1.09. The Morgan fingerprint density at radius 1 is 1.21 bits per heavy atom. The van der Waals surface area contributed by atoms with Crippen LogP contribution in [0.25, 0.3) is 5.57 Å². The maximum Gasteiger partial charge on any atom is 0.0337 e. The molecule has 1 N–H and O–H groups in total. The standard InChI is InChI=1S/C13H15N/c1-4-6-11(5-2)12-7-9-13(14-3)10-8-12/h4-10,14H,1-2H2,3H3/b11-6+. The molecule has 0 saturated heterocycles. The third kappa shape index (κ3) is 2.36. The van der Waals surface area contributed by atoms with Gasteiger partial charge in [0.25, 0.3) is 0 Å². The van der Waals surface area contributed by atoms with E-state index in [1.165, 1.54) is 0 Å². The number of hydrogen-bond donors (Lipinski definition) is 1. The fourth-order valence-corrected chi connectivity index (χ4v) is 1.24. The predicted octanol–water partition coefficient (Wildman–Crippen LogP) is 3.48. The minimum atomic E-state index is 1.09. The Kier molecular flexibility index (Phi) is 3.74. The molecule has 0 amide bonds. The first kappa shape index (κ1) is 10.3. The number of anilines is 1. The Balaban J connectivity index is 3.00. The van der Waals surface area contributed by atoms with E-state index >= 15 is 0 Å². The molecule has 1 heteroatoms. The quantitative estimate of drug-likeness (QED) is 0.708. The van der Waals surface area contributed by atoms with Crippen molar-refractivity contribution in [3.63, 3.8) is 0 Å². The third-order valence-electron chi connectivity index (χ3n) is 2.02. The maximum absolute atomic E-state index is 3.77. The minimum Gasteiger partial charge on any atom is -0.388 e. The first-order chi connectivity index (χ1) is 6.81. The van der Waals surface area contributed by atoms with E-state index in [4.69, 9.17) is 0 Å². The van der Waals surface area contributed by atoms with Gasteiger partial charge in [-0.3, -0.25) is 0 Å². The van der Waals surface area contributed by atoms with Crippen LogP contribution in [0.1, 0.15) is 5.56 Å². The Morgan fingerprint density at radius 3 is 2.29 bits per heavy atom. The first-order valence-electron chi connectivity index (χ1n) is 4.55. The van der Waals surface area contributed by atoms with E-state index in [2.05, 4.69) is 30.6 Å². The van der Waals surface area contributed by atoms with Crippen LogP contribution in [0, 0.1) is 0 Å². The predicted molar refractivity (Wildman–Crippen MR) is 64.4 cm³/mol. The van der Waals surface area contributed by atoms with Gasteiger partial charge in [0, 0.05) is 12.7 Å². The molecule has 0 heterocycles. The van der Waals surface area contributed by atoms with E-state index in [9.17, 15) is 0 Å². The molecule has 0 aromatic heterocycles. The van der Waals surface area contributed by atoms with Crippen molar-refractivity contribution >= 4 is 11.3 Å². The van der Waals surface area contributed by atoms with Gasteiger partial charge >= 0.3 is 0 Å². The van der Waals surface area contributed by atoms with E-state index < -0.39 is 0 Å². The highest BCUT2D eigenvalue weighted by Gasteiger charge is 1.95. The molecule has 0 atom stereocenters. The highest BCUT2D eigenvalue weighted by Crippen LogP contribution is 2.17. The molecule has 0 radical (unpaired) electrons. The van der Waals surface area contributed by atoms with Crippen molar-refractivity contribution in [2.75, 3.05) is 12.4 Å². The highest BCUT2D eigenvalue weighted by atomic mass is 14.8. The summed E-state index contributed by atoms with van der Waals surface area (Å²) < 4.78 is 0. The summed E-state index contributed by atoms with van der Waals surface area (Å²) in [4.78, 5) is 0. The van der Waals surface area contributed by atoms with Crippen molar-refractivity contribution in [1.82, 2.24) is 0 Å². The first-order valence-corrected chi connectivity index (χ1v) is 4.55. The van der Waals surface area contributed by atoms with Crippen molar-refractivity contribution in [2.24, 2.45) is 0 Å². The molecule has 0 unspecified atom stereocenters. The topological polar surface area (TPSA) is 12.0 Å². The Hall–Kier alpha value is -1.76. The molecule has 1 aromatic rings. The lowest BCUT2D eigenvalue weighted by molar-refractivity contribution is 1.50. The van der Waals surface area contributed by atoms with Crippen molar-refractivity contribution < 1.29 is 0 Å². The Labute approximate surface area is 85.5 Å². The summed E-state index contributed by atoms with van der Waals surface area (Å²) >= 11 is 0. The molecule has 0 aliphatic rings. The molecule has 0 bridgehead atoms. The summed E-state index contributed by atoms with van der Waals surface area (Å²) in [5.41, 5.74) is 3.34. The van der Waals surface area contributed by atoms with Crippen LogP contribution < -0.4 is 5.32 Å². The van der Waals surface area contributed by atoms with Crippen LogP contribution in [-0.2, 0) is 0 Å². The molecular formula is C13H15N.